The highest BCUT2D eigenvalue weighted by Gasteiger charge is 2.27. The van der Waals surface area contributed by atoms with Crippen LogP contribution < -0.4 is 5.73 Å². The molecule has 0 aliphatic rings. The Balaban J connectivity index is 2.40. The van der Waals surface area contributed by atoms with Crippen LogP contribution in [0.1, 0.15) is 57.2 Å². The first-order valence-electron chi connectivity index (χ1n) is 6.42. The number of halogens is 3. The molecule has 2 N–H and O–H groups in total. The number of rotatable bonds is 7. The molecule has 0 bridgehead atoms. The molecule has 1 rings (SSSR count). The second-order valence-corrected chi connectivity index (χ2v) is 4.97. The molecule has 7 heteroatoms. The molecule has 2 atom stereocenters. The maximum Gasteiger partial charge on any atom is 0.389 e. The summed E-state index contributed by atoms with van der Waals surface area (Å²) in [6.45, 7) is 3.86. The number of hydrogen-bond acceptors (Lipinski definition) is 4. The Labute approximate surface area is 110 Å². The van der Waals surface area contributed by atoms with Gasteiger partial charge in [0.15, 0.2) is 5.82 Å². The second kappa shape index (κ2) is 6.88. The van der Waals surface area contributed by atoms with Crippen molar-refractivity contribution in [1.29, 1.82) is 0 Å². The maximum absolute atomic E-state index is 12.1. The molecule has 0 radical (unpaired) electrons. The van der Waals surface area contributed by atoms with Gasteiger partial charge in [0.05, 0.1) is 6.42 Å². The average Bonchev–Trinajstić information content (AvgIpc) is 2.73. The number of nitrogens with two attached hydrogens (primary N) is 1. The summed E-state index contributed by atoms with van der Waals surface area (Å²) in [4.78, 5) is 4.00. The van der Waals surface area contributed by atoms with E-state index < -0.39 is 12.6 Å². The van der Waals surface area contributed by atoms with E-state index in [2.05, 4.69) is 10.1 Å². The summed E-state index contributed by atoms with van der Waals surface area (Å²) in [5.74, 6) is 0.569. The van der Waals surface area contributed by atoms with Crippen molar-refractivity contribution in [2.24, 2.45) is 5.73 Å². The van der Waals surface area contributed by atoms with Gasteiger partial charge in [-0.3, -0.25) is 0 Å². The first-order valence-corrected chi connectivity index (χ1v) is 6.42. The van der Waals surface area contributed by atoms with E-state index in [1.54, 1.807) is 0 Å². The zero-order valence-corrected chi connectivity index (χ0v) is 11.2. The van der Waals surface area contributed by atoms with Crippen LogP contribution in [-0.2, 0) is 6.42 Å². The minimum Gasteiger partial charge on any atom is -0.339 e. The summed E-state index contributed by atoms with van der Waals surface area (Å²) < 4.78 is 41.1. The van der Waals surface area contributed by atoms with Gasteiger partial charge in [-0.25, -0.2) is 0 Å². The minimum atomic E-state index is -4.19. The predicted octanol–water partition coefficient (Wildman–Crippen LogP) is 3.19. The van der Waals surface area contributed by atoms with Crippen LogP contribution in [0, 0.1) is 0 Å². The molecular formula is C12H20F3N3O. The van der Waals surface area contributed by atoms with E-state index in [9.17, 15) is 13.2 Å². The lowest BCUT2D eigenvalue weighted by Gasteiger charge is -2.07. The Hall–Kier alpha value is -1.11. The van der Waals surface area contributed by atoms with Crippen LogP contribution >= 0.6 is 0 Å². The van der Waals surface area contributed by atoms with Gasteiger partial charge in [0.25, 0.3) is 0 Å². The van der Waals surface area contributed by atoms with Gasteiger partial charge in [-0.1, -0.05) is 18.5 Å². The molecule has 1 aromatic heterocycles. The Kier molecular flexibility index (Phi) is 5.78. The van der Waals surface area contributed by atoms with Gasteiger partial charge in [0, 0.05) is 18.4 Å². The number of aromatic nitrogens is 2. The quantitative estimate of drug-likeness (QED) is 0.832. The molecule has 19 heavy (non-hydrogen) atoms. The van der Waals surface area contributed by atoms with E-state index in [1.165, 1.54) is 0 Å². The van der Waals surface area contributed by atoms with Crippen molar-refractivity contribution in [3.8, 4) is 0 Å². The summed E-state index contributed by atoms with van der Waals surface area (Å²) in [5, 5.41) is 3.57. The fourth-order valence-electron chi connectivity index (χ4n) is 1.69. The molecule has 1 aromatic rings. The fourth-order valence-corrected chi connectivity index (χ4v) is 1.69. The van der Waals surface area contributed by atoms with Gasteiger partial charge < -0.3 is 10.3 Å². The third-order valence-electron chi connectivity index (χ3n) is 2.83. The Bertz CT molecular complexity index is 377. The summed E-state index contributed by atoms with van der Waals surface area (Å²) >= 11 is 0. The molecule has 0 aliphatic heterocycles. The van der Waals surface area contributed by atoms with Gasteiger partial charge in [-0.2, -0.15) is 18.2 Å². The smallest absolute Gasteiger partial charge is 0.339 e. The highest BCUT2D eigenvalue weighted by Crippen LogP contribution is 2.23. The zero-order valence-electron chi connectivity index (χ0n) is 11.2. The van der Waals surface area contributed by atoms with Gasteiger partial charge in [-0.15, -0.1) is 0 Å². The van der Waals surface area contributed by atoms with E-state index in [4.69, 9.17) is 10.3 Å². The third kappa shape index (κ3) is 6.56. The molecule has 1 heterocycles. The lowest BCUT2D eigenvalue weighted by atomic mass is 10.0. The Morgan fingerprint density at radius 3 is 2.53 bits per heavy atom. The maximum atomic E-state index is 12.1. The molecule has 0 saturated heterocycles. The van der Waals surface area contributed by atoms with Crippen LogP contribution in [0.5, 0.6) is 0 Å². The largest absolute Gasteiger partial charge is 0.389 e. The molecule has 0 aromatic carbocycles. The van der Waals surface area contributed by atoms with Crippen LogP contribution in [0.25, 0.3) is 0 Å². The van der Waals surface area contributed by atoms with Crippen LogP contribution in [-0.4, -0.2) is 22.4 Å². The van der Waals surface area contributed by atoms with Crippen molar-refractivity contribution in [2.75, 3.05) is 0 Å². The lowest BCUT2D eigenvalue weighted by Crippen LogP contribution is -2.14. The molecule has 0 aliphatic carbocycles. The Morgan fingerprint density at radius 1 is 1.26 bits per heavy atom. The van der Waals surface area contributed by atoms with Crippen LogP contribution in [0.4, 0.5) is 13.2 Å². The summed E-state index contributed by atoms with van der Waals surface area (Å²) in [7, 11) is 0. The van der Waals surface area contributed by atoms with Crippen molar-refractivity contribution in [3.63, 3.8) is 0 Å². The van der Waals surface area contributed by atoms with Gasteiger partial charge in [-0.05, 0) is 19.8 Å². The molecule has 0 fully saturated rings. The summed E-state index contributed by atoms with van der Waals surface area (Å²) in [5.41, 5.74) is 5.64. The molecule has 0 saturated carbocycles. The molecule has 2 unspecified atom stereocenters. The third-order valence-corrected chi connectivity index (χ3v) is 2.83. The standard InChI is InChI=1S/C12H20F3N3O/c1-8(4-3-5-9(2)16)11-17-10(18-19-11)6-7-12(13,14)15/h8-9H,3-7,16H2,1-2H3. The van der Waals surface area contributed by atoms with Crippen molar-refractivity contribution in [1.82, 2.24) is 10.1 Å². The number of nitrogens with zero attached hydrogens (tertiary/aromatic N) is 2. The lowest BCUT2D eigenvalue weighted by molar-refractivity contribution is -0.134. The van der Waals surface area contributed by atoms with E-state index in [-0.39, 0.29) is 24.2 Å². The average molecular weight is 279 g/mol. The van der Waals surface area contributed by atoms with Gasteiger partial charge in [0.2, 0.25) is 5.89 Å². The van der Waals surface area contributed by atoms with Crippen LogP contribution in [0.3, 0.4) is 0 Å². The molecule has 0 spiro atoms. The molecule has 4 nitrogen and oxygen atoms in total. The Morgan fingerprint density at radius 2 is 1.95 bits per heavy atom. The van der Waals surface area contributed by atoms with Gasteiger partial charge >= 0.3 is 6.18 Å². The summed E-state index contributed by atoms with van der Waals surface area (Å²) in [6, 6.07) is 0.150. The minimum absolute atomic E-state index is 0.0471. The van der Waals surface area contributed by atoms with Crippen molar-refractivity contribution in [3.05, 3.63) is 11.7 Å². The predicted molar refractivity (Wildman–Crippen MR) is 64.6 cm³/mol. The highest BCUT2D eigenvalue weighted by atomic mass is 19.4. The number of alkyl halides is 3. The van der Waals surface area contributed by atoms with E-state index >= 15 is 0 Å². The normalized spacial score (nSPS) is 15.5. The van der Waals surface area contributed by atoms with E-state index in [0.29, 0.717) is 5.89 Å². The van der Waals surface area contributed by atoms with Gasteiger partial charge in [0.1, 0.15) is 0 Å². The monoisotopic (exact) mass is 279 g/mol. The fraction of sp³-hybridized carbons (Fsp3) is 0.833. The van der Waals surface area contributed by atoms with E-state index in [0.717, 1.165) is 19.3 Å². The topological polar surface area (TPSA) is 64.9 Å². The zero-order chi connectivity index (χ0) is 14.5. The van der Waals surface area contributed by atoms with Crippen molar-refractivity contribution in [2.45, 2.75) is 64.1 Å². The SMILES string of the molecule is CC(N)CCCC(C)c1nc(CCC(F)(F)F)no1. The molecular weight excluding hydrogens is 259 g/mol. The molecule has 0 amide bonds. The second-order valence-electron chi connectivity index (χ2n) is 4.97. The van der Waals surface area contributed by atoms with Crippen molar-refractivity contribution < 1.29 is 17.7 Å². The number of aryl methyl sites for hydroxylation is 1. The highest BCUT2D eigenvalue weighted by molar-refractivity contribution is 4.92. The van der Waals surface area contributed by atoms with Crippen LogP contribution in [0.15, 0.2) is 4.52 Å². The number of hydrogen-bond donors (Lipinski definition) is 1. The van der Waals surface area contributed by atoms with Crippen molar-refractivity contribution >= 4 is 0 Å². The van der Waals surface area contributed by atoms with E-state index in [1.807, 2.05) is 13.8 Å². The first-order chi connectivity index (χ1) is 8.78. The first kappa shape index (κ1) is 15.9. The molecule has 110 valence electrons. The summed E-state index contributed by atoms with van der Waals surface area (Å²) in [6.07, 6.45) is -2.69. The van der Waals surface area contributed by atoms with Crippen LogP contribution in [0.2, 0.25) is 0 Å².